The minimum atomic E-state index is -0.320. The number of benzene rings is 6. The summed E-state index contributed by atoms with van der Waals surface area (Å²) in [5.74, 6) is 0.258. The Labute approximate surface area is 337 Å². The van der Waals surface area contributed by atoms with Crippen molar-refractivity contribution in [2.45, 2.75) is 43.1 Å². The van der Waals surface area contributed by atoms with Crippen molar-refractivity contribution in [1.82, 2.24) is 0 Å². The van der Waals surface area contributed by atoms with Crippen LogP contribution in [-0.2, 0) is 5.41 Å². The highest BCUT2D eigenvalue weighted by Gasteiger charge is 2.51. The molecule has 0 N–H and O–H groups in total. The normalized spacial score (nSPS) is 20.9. The van der Waals surface area contributed by atoms with Crippen LogP contribution in [0.2, 0.25) is 0 Å². The first-order chi connectivity index (χ1) is 28.3. The van der Waals surface area contributed by atoms with E-state index >= 15 is 0 Å². The van der Waals surface area contributed by atoms with Crippen molar-refractivity contribution in [2.75, 3.05) is 9.80 Å². The molecule has 0 spiro atoms. The molecule has 0 saturated heterocycles. The van der Waals surface area contributed by atoms with Gasteiger partial charge in [0.2, 0.25) is 0 Å². The fourth-order valence-electron chi connectivity index (χ4n) is 9.92. The monoisotopic (exact) mass is 734 g/mol. The van der Waals surface area contributed by atoms with Gasteiger partial charge in [-0.1, -0.05) is 163 Å². The number of allylic oxidation sites excluding steroid dienone is 10. The number of para-hydroxylation sites is 4. The minimum absolute atomic E-state index is 0.155. The molecule has 3 unspecified atom stereocenters. The highest BCUT2D eigenvalue weighted by atomic mass is 15.2. The van der Waals surface area contributed by atoms with E-state index in [2.05, 4.69) is 228 Å². The summed E-state index contributed by atoms with van der Waals surface area (Å²) in [6.45, 7) is 0. The van der Waals surface area contributed by atoms with Crippen molar-refractivity contribution < 1.29 is 0 Å². The first-order valence-electron chi connectivity index (χ1n) is 20.4. The van der Waals surface area contributed by atoms with E-state index in [1.807, 2.05) is 0 Å². The maximum Gasteiger partial charge on any atom is 0.0603 e. The standard InChI is InChI=1S/C55H46N2/c1-7-19-43(20-8-1)55(44-21-9-2-10-22-44)53-39-42(41-31-34-49(35-32-41)56(45-23-11-3-12-24-45)46-25-13-4-14-26-46)33-37-51(53)52-38-36-50(40-54(52)55)57(47-27-15-5-16-28-47)48-29-17-6-18-30-48/h1-9,11-21,23-38,42,50H,10,22,39-40H2. The molecular formula is C55H46N2. The zero-order valence-electron chi connectivity index (χ0n) is 32.2. The van der Waals surface area contributed by atoms with Crippen molar-refractivity contribution in [3.63, 3.8) is 0 Å². The lowest BCUT2D eigenvalue weighted by atomic mass is 9.60. The molecule has 0 amide bonds. The van der Waals surface area contributed by atoms with E-state index in [0.29, 0.717) is 0 Å². The molecule has 10 rings (SSSR count). The molecule has 0 aromatic heterocycles. The molecule has 0 radical (unpaired) electrons. The Morgan fingerprint density at radius 3 is 1.51 bits per heavy atom. The average molecular weight is 735 g/mol. The lowest BCUT2D eigenvalue weighted by molar-refractivity contribution is 0.573. The maximum absolute atomic E-state index is 2.54. The fourth-order valence-corrected chi connectivity index (χ4v) is 9.92. The van der Waals surface area contributed by atoms with E-state index in [-0.39, 0.29) is 17.4 Å². The molecule has 4 aliphatic carbocycles. The van der Waals surface area contributed by atoms with E-state index in [9.17, 15) is 0 Å². The number of anilines is 5. The molecule has 57 heavy (non-hydrogen) atoms. The predicted molar refractivity (Wildman–Crippen MR) is 239 cm³/mol. The average Bonchev–Trinajstić information content (AvgIpc) is 3.58. The summed E-state index contributed by atoms with van der Waals surface area (Å²) in [5.41, 5.74) is 15.7. The summed E-state index contributed by atoms with van der Waals surface area (Å²) in [6.07, 6.45) is 20.9. The third-order valence-electron chi connectivity index (χ3n) is 12.4. The van der Waals surface area contributed by atoms with Gasteiger partial charge in [-0.25, -0.2) is 0 Å². The van der Waals surface area contributed by atoms with Gasteiger partial charge in [0.05, 0.1) is 11.5 Å². The smallest absolute Gasteiger partial charge is 0.0603 e. The fraction of sp³-hybridized carbons (Fsp3) is 0.127. The number of nitrogens with zero attached hydrogens (tertiary/aromatic N) is 2. The van der Waals surface area contributed by atoms with Crippen LogP contribution in [0.4, 0.5) is 28.4 Å². The van der Waals surface area contributed by atoms with Gasteiger partial charge in [-0.15, -0.1) is 0 Å². The van der Waals surface area contributed by atoms with Crippen LogP contribution in [-0.4, -0.2) is 6.04 Å². The second-order valence-electron chi connectivity index (χ2n) is 15.5. The van der Waals surface area contributed by atoms with Gasteiger partial charge in [0.1, 0.15) is 0 Å². The van der Waals surface area contributed by atoms with Crippen LogP contribution in [0.25, 0.3) is 0 Å². The van der Waals surface area contributed by atoms with Crippen LogP contribution >= 0.6 is 0 Å². The molecule has 4 aliphatic rings. The van der Waals surface area contributed by atoms with E-state index in [1.165, 1.54) is 44.8 Å². The molecule has 6 aromatic rings. The Kier molecular flexibility index (Phi) is 9.24. The van der Waals surface area contributed by atoms with E-state index in [0.717, 1.165) is 42.7 Å². The quantitative estimate of drug-likeness (QED) is 0.146. The third-order valence-corrected chi connectivity index (χ3v) is 12.4. The number of fused-ring (bicyclic) bond motifs is 1. The Hall–Kier alpha value is -6.64. The summed E-state index contributed by atoms with van der Waals surface area (Å²) in [4.78, 5) is 4.88. The summed E-state index contributed by atoms with van der Waals surface area (Å²) >= 11 is 0. The van der Waals surface area contributed by atoms with E-state index < -0.39 is 0 Å². The molecule has 0 bridgehead atoms. The molecule has 3 atom stereocenters. The van der Waals surface area contributed by atoms with E-state index in [4.69, 9.17) is 0 Å². The lowest BCUT2D eigenvalue weighted by Gasteiger charge is -2.44. The van der Waals surface area contributed by atoms with Gasteiger partial charge < -0.3 is 9.80 Å². The second-order valence-corrected chi connectivity index (χ2v) is 15.5. The number of hydrogen-bond acceptors (Lipinski definition) is 2. The minimum Gasteiger partial charge on any atom is -0.334 e. The van der Waals surface area contributed by atoms with Gasteiger partial charge in [-0.3, -0.25) is 0 Å². The van der Waals surface area contributed by atoms with Crippen molar-refractivity contribution >= 4 is 28.4 Å². The summed E-state index contributed by atoms with van der Waals surface area (Å²) in [5, 5.41) is 0. The lowest BCUT2D eigenvalue weighted by Crippen LogP contribution is -2.38. The first kappa shape index (κ1) is 34.8. The molecule has 0 aliphatic heterocycles. The molecular weight excluding hydrogens is 689 g/mol. The topological polar surface area (TPSA) is 6.48 Å². The SMILES string of the molecule is C1=CCCC(C2(c3ccccc3)C3=C(C=CC(c4ccc(N(c5ccccc5)c5ccccc5)cc4)C3)C3=C2CC(N(c2ccccc2)c2ccccc2)C=C3)=C1. The number of hydrogen-bond donors (Lipinski definition) is 0. The van der Waals surface area contributed by atoms with Crippen LogP contribution in [0.1, 0.15) is 42.7 Å². The van der Waals surface area contributed by atoms with Crippen LogP contribution in [0.3, 0.4) is 0 Å². The van der Waals surface area contributed by atoms with Gasteiger partial charge in [0.15, 0.2) is 0 Å². The van der Waals surface area contributed by atoms with Gasteiger partial charge in [0, 0.05) is 34.4 Å². The molecule has 276 valence electrons. The van der Waals surface area contributed by atoms with Crippen LogP contribution in [0.15, 0.2) is 246 Å². The Morgan fingerprint density at radius 1 is 0.474 bits per heavy atom. The van der Waals surface area contributed by atoms with Gasteiger partial charge in [0.25, 0.3) is 0 Å². The molecule has 6 aromatic carbocycles. The highest BCUT2D eigenvalue weighted by Crippen LogP contribution is 2.61. The maximum atomic E-state index is 2.54. The van der Waals surface area contributed by atoms with Crippen molar-refractivity contribution in [3.8, 4) is 0 Å². The number of rotatable bonds is 9. The second kappa shape index (κ2) is 15.1. The molecule has 0 heterocycles. The Bertz CT molecular complexity index is 2460. The first-order valence-corrected chi connectivity index (χ1v) is 20.4. The van der Waals surface area contributed by atoms with Crippen LogP contribution < -0.4 is 9.80 Å². The molecule has 2 heteroatoms. The van der Waals surface area contributed by atoms with Gasteiger partial charge in [-0.2, -0.15) is 0 Å². The third kappa shape index (κ3) is 6.23. The Morgan fingerprint density at radius 2 is 0.965 bits per heavy atom. The Balaban J connectivity index is 1.05. The molecule has 0 fully saturated rings. The summed E-state index contributed by atoms with van der Waals surface area (Å²) in [6, 6.07) is 64.1. The summed E-state index contributed by atoms with van der Waals surface area (Å²) < 4.78 is 0. The molecule has 0 saturated carbocycles. The van der Waals surface area contributed by atoms with Crippen molar-refractivity contribution in [2.24, 2.45) is 0 Å². The molecule has 2 nitrogen and oxygen atoms in total. The zero-order chi connectivity index (χ0) is 38.0. The zero-order valence-corrected chi connectivity index (χ0v) is 32.2. The highest BCUT2D eigenvalue weighted by molar-refractivity contribution is 5.78. The van der Waals surface area contributed by atoms with Gasteiger partial charge >= 0.3 is 0 Å². The van der Waals surface area contributed by atoms with E-state index in [1.54, 1.807) is 5.57 Å². The predicted octanol–water partition coefficient (Wildman–Crippen LogP) is 14.2. The van der Waals surface area contributed by atoms with Crippen molar-refractivity contribution in [3.05, 3.63) is 257 Å². The van der Waals surface area contributed by atoms with Crippen molar-refractivity contribution in [1.29, 1.82) is 0 Å². The van der Waals surface area contributed by atoms with Crippen LogP contribution in [0.5, 0.6) is 0 Å². The van der Waals surface area contributed by atoms with Crippen LogP contribution in [0, 0.1) is 0 Å². The largest absolute Gasteiger partial charge is 0.334 e. The van der Waals surface area contributed by atoms with Gasteiger partial charge in [-0.05, 0) is 120 Å². The summed E-state index contributed by atoms with van der Waals surface area (Å²) in [7, 11) is 0.